The summed E-state index contributed by atoms with van der Waals surface area (Å²) in [6.07, 6.45) is 3.49. The van der Waals surface area contributed by atoms with Crippen molar-refractivity contribution in [3.05, 3.63) is 0 Å². The SMILES string of the molecule is CC1CCCN(CCC(=O)NC(CCS(C)(=O)=O)C(=O)O)C1. The zero-order valence-electron chi connectivity index (χ0n) is 13.2. The van der Waals surface area contributed by atoms with Crippen molar-refractivity contribution in [1.29, 1.82) is 0 Å². The Hall–Kier alpha value is -1.15. The average Bonchev–Trinajstić information content (AvgIpc) is 2.40. The molecule has 0 aromatic carbocycles. The maximum Gasteiger partial charge on any atom is 0.326 e. The number of carbonyl (C=O) groups is 2. The topological polar surface area (TPSA) is 104 Å². The van der Waals surface area contributed by atoms with E-state index in [1.165, 1.54) is 6.42 Å². The van der Waals surface area contributed by atoms with Gasteiger partial charge in [-0.3, -0.25) is 4.79 Å². The molecule has 2 atom stereocenters. The maximum atomic E-state index is 11.9. The number of carboxylic acids is 1. The van der Waals surface area contributed by atoms with E-state index in [9.17, 15) is 18.0 Å². The first-order valence-electron chi connectivity index (χ1n) is 7.59. The van der Waals surface area contributed by atoms with Gasteiger partial charge in [0, 0.05) is 25.8 Å². The fourth-order valence-electron chi connectivity index (χ4n) is 2.61. The van der Waals surface area contributed by atoms with Crippen molar-refractivity contribution in [2.75, 3.05) is 31.6 Å². The minimum atomic E-state index is -3.25. The highest BCUT2D eigenvalue weighted by Gasteiger charge is 2.22. The number of carboxylic acid groups (broad SMARTS) is 1. The average molecular weight is 334 g/mol. The predicted octanol–water partition coefficient (Wildman–Crippen LogP) is 0.113. The number of likely N-dealkylation sites (tertiary alicyclic amines) is 1. The first-order valence-corrected chi connectivity index (χ1v) is 9.65. The van der Waals surface area contributed by atoms with Gasteiger partial charge in [-0.15, -0.1) is 0 Å². The van der Waals surface area contributed by atoms with Crippen molar-refractivity contribution in [3.8, 4) is 0 Å². The van der Waals surface area contributed by atoms with Gasteiger partial charge in [-0.25, -0.2) is 13.2 Å². The number of rotatable bonds is 8. The Bertz CT molecular complexity index is 491. The lowest BCUT2D eigenvalue weighted by Gasteiger charge is -2.30. The van der Waals surface area contributed by atoms with E-state index in [2.05, 4.69) is 17.1 Å². The van der Waals surface area contributed by atoms with E-state index >= 15 is 0 Å². The van der Waals surface area contributed by atoms with Crippen LogP contribution in [-0.2, 0) is 19.4 Å². The molecule has 1 saturated heterocycles. The van der Waals surface area contributed by atoms with Crippen molar-refractivity contribution < 1.29 is 23.1 Å². The fraction of sp³-hybridized carbons (Fsp3) is 0.857. The van der Waals surface area contributed by atoms with Crippen LogP contribution in [0.25, 0.3) is 0 Å². The summed E-state index contributed by atoms with van der Waals surface area (Å²) in [5.41, 5.74) is 0. The van der Waals surface area contributed by atoms with Gasteiger partial charge in [0.25, 0.3) is 0 Å². The first kappa shape index (κ1) is 18.9. The smallest absolute Gasteiger partial charge is 0.326 e. The molecule has 0 aliphatic carbocycles. The van der Waals surface area contributed by atoms with Crippen LogP contribution in [0.4, 0.5) is 0 Å². The molecule has 0 saturated carbocycles. The van der Waals surface area contributed by atoms with Crippen molar-refractivity contribution in [1.82, 2.24) is 10.2 Å². The molecular weight excluding hydrogens is 308 g/mol. The third-order valence-electron chi connectivity index (χ3n) is 3.81. The zero-order valence-corrected chi connectivity index (χ0v) is 14.1. The number of hydrogen-bond acceptors (Lipinski definition) is 5. The van der Waals surface area contributed by atoms with E-state index < -0.39 is 21.8 Å². The van der Waals surface area contributed by atoms with Crippen LogP contribution in [0.3, 0.4) is 0 Å². The number of aliphatic carboxylic acids is 1. The van der Waals surface area contributed by atoms with Gasteiger partial charge in [-0.05, 0) is 31.7 Å². The second kappa shape index (κ2) is 8.47. The van der Waals surface area contributed by atoms with Crippen LogP contribution >= 0.6 is 0 Å². The highest BCUT2D eigenvalue weighted by molar-refractivity contribution is 7.90. The fourth-order valence-corrected chi connectivity index (χ4v) is 3.27. The highest BCUT2D eigenvalue weighted by Crippen LogP contribution is 2.15. The van der Waals surface area contributed by atoms with E-state index in [4.69, 9.17) is 5.11 Å². The second-order valence-corrected chi connectivity index (χ2v) is 8.43. The molecule has 128 valence electrons. The molecule has 0 bridgehead atoms. The Morgan fingerprint density at radius 2 is 2.09 bits per heavy atom. The molecule has 0 radical (unpaired) electrons. The molecule has 0 aromatic heterocycles. The summed E-state index contributed by atoms with van der Waals surface area (Å²) in [7, 11) is -3.25. The van der Waals surface area contributed by atoms with Crippen LogP contribution in [-0.4, -0.2) is 68.0 Å². The molecule has 1 aliphatic heterocycles. The molecule has 0 spiro atoms. The maximum absolute atomic E-state index is 11.9. The van der Waals surface area contributed by atoms with Crippen LogP contribution in [0.15, 0.2) is 0 Å². The summed E-state index contributed by atoms with van der Waals surface area (Å²) in [6.45, 7) is 4.71. The molecule has 1 aliphatic rings. The molecule has 22 heavy (non-hydrogen) atoms. The van der Waals surface area contributed by atoms with E-state index in [-0.39, 0.29) is 24.5 Å². The van der Waals surface area contributed by atoms with Crippen LogP contribution in [0, 0.1) is 5.92 Å². The molecule has 7 nitrogen and oxygen atoms in total. The van der Waals surface area contributed by atoms with E-state index in [1.807, 2.05) is 0 Å². The number of nitrogens with one attached hydrogen (secondary N) is 1. The Kier molecular flexibility index (Phi) is 7.28. The van der Waals surface area contributed by atoms with Gasteiger partial charge in [-0.1, -0.05) is 6.92 Å². The summed E-state index contributed by atoms with van der Waals surface area (Å²) in [4.78, 5) is 25.1. The van der Waals surface area contributed by atoms with Crippen LogP contribution in [0.2, 0.25) is 0 Å². The monoisotopic (exact) mass is 334 g/mol. The quantitative estimate of drug-likeness (QED) is 0.653. The summed E-state index contributed by atoms with van der Waals surface area (Å²) in [5, 5.41) is 11.5. The van der Waals surface area contributed by atoms with Crippen molar-refractivity contribution in [2.45, 2.75) is 38.6 Å². The summed E-state index contributed by atoms with van der Waals surface area (Å²) < 4.78 is 22.2. The summed E-state index contributed by atoms with van der Waals surface area (Å²) >= 11 is 0. The Morgan fingerprint density at radius 1 is 1.41 bits per heavy atom. The third-order valence-corrected chi connectivity index (χ3v) is 4.78. The molecular formula is C14H26N2O5S. The number of amides is 1. The van der Waals surface area contributed by atoms with Gasteiger partial charge in [0.15, 0.2) is 0 Å². The van der Waals surface area contributed by atoms with Crippen LogP contribution in [0.1, 0.15) is 32.6 Å². The molecule has 2 unspecified atom stereocenters. The zero-order chi connectivity index (χ0) is 16.8. The van der Waals surface area contributed by atoms with Crippen LogP contribution < -0.4 is 5.32 Å². The van der Waals surface area contributed by atoms with Crippen LogP contribution in [0.5, 0.6) is 0 Å². The number of sulfone groups is 1. The lowest BCUT2D eigenvalue weighted by atomic mass is 10.0. The number of piperidine rings is 1. The Morgan fingerprint density at radius 3 is 2.64 bits per heavy atom. The molecule has 8 heteroatoms. The summed E-state index contributed by atoms with van der Waals surface area (Å²) in [5.74, 6) is -1.19. The largest absolute Gasteiger partial charge is 0.480 e. The van der Waals surface area contributed by atoms with E-state index in [0.717, 1.165) is 25.8 Å². The van der Waals surface area contributed by atoms with Gasteiger partial charge >= 0.3 is 5.97 Å². The standard InChI is InChI=1S/C14H26N2O5S/c1-11-4-3-7-16(10-11)8-5-13(17)15-12(14(18)19)6-9-22(2,20)21/h11-12H,3-10H2,1-2H3,(H,15,17)(H,18,19). The van der Waals surface area contributed by atoms with Gasteiger partial charge < -0.3 is 15.3 Å². The third kappa shape index (κ3) is 7.74. The first-order chi connectivity index (χ1) is 10.2. The summed E-state index contributed by atoms with van der Waals surface area (Å²) in [6, 6.07) is -1.15. The minimum Gasteiger partial charge on any atom is -0.480 e. The predicted molar refractivity (Wildman–Crippen MR) is 83.3 cm³/mol. The number of hydrogen-bond donors (Lipinski definition) is 2. The number of carbonyl (C=O) groups excluding carboxylic acids is 1. The van der Waals surface area contributed by atoms with Gasteiger partial charge in [-0.2, -0.15) is 0 Å². The van der Waals surface area contributed by atoms with Crippen molar-refractivity contribution in [2.24, 2.45) is 5.92 Å². The minimum absolute atomic E-state index is 0.110. The molecule has 1 amide bonds. The molecule has 1 heterocycles. The van der Waals surface area contributed by atoms with Gasteiger partial charge in [0.2, 0.25) is 5.91 Å². The molecule has 1 rings (SSSR count). The Balaban J connectivity index is 2.38. The lowest BCUT2D eigenvalue weighted by molar-refractivity contribution is -0.141. The lowest BCUT2D eigenvalue weighted by Crippen LogP contribution is -2.43. The number of nitrogens with zero attached hydrogens (tertiary/aromatic N) is 1. The molecule has 2 N–H and O–H groups in total. The van der Waals surface area contributed by atoms with Crippen molar-refractivity contribution >= 4 is 21.7 Å². The highest BCUT2D eigenvalue weighted by atomic mass is 32.2. The van der Waals surface area contributed by atoms with E-state index in [0.29, 0.717) is 12.5 Å². The molecule has 1 fully saturated rings. The van der Waals surface area contributed by atoms with Crippen molar-refractivity contribution in [3.63, 3.8) is 0 Å². The second-order valence-electron chi connectivity index (χ2n) is 6.17. The Labute approximate surface area is 132 Å². The van der Waals surface area contributed by atoms with E-state index in [1.54, 1.807) is 0 Å². The van der Waals surface area contributed by atoms with Gasteiger partial charge in [0.05, 0.1) is 5.75 Å². The van der Waals surface area contributed by atoms with Gasteiger partial charge in [0.1, 0.15) is 15.9 Å². The normalized spacial score (nSPS) is 21.3. The molecule has 0 aromatic rings.